The van der Waals surface area contributed by atoms with Gasteiger partial charge in [0.15, 0.2) is 15.7 Å². The number of fused-ring (bicyclic) bond motifs is 1. The number of benzene rings is 1. The number of nitrogens with zero attached hydrogens (tertiary/aromatic N) is 5. The molecular weight excluding hydrogens is 552 g/mol. The highest BCUT2D eigenvalue weighted by molar-refractivity contribution is 7.90. The van der Waals surface area contributed by atoms with Crippen LogP contribution in [0.2, 0.25) is 0 Å². The van der Waals surface area contributed by atoms with Crippen LogP contribution in [0.3, 0.4) is 0 Å². The third-order valence-corrected chi connectivity index (χ3v) is 10.1. The van der Waals surface area contributed by atoms with Crippen molar-refractivity contribution in [3.63, 3.8) is 0 Å². The Hall–Kier alpha value is -3.80. The van der Waals surface area contributed by atoms with Gasteiger partial charge in [-0.3, -0.25) is 5.10 Å². The first-order valence-corrected chi connectivity index (χ1v) is 16.7. The maximum atomic E-state index is 13.9. The van der Waals surface area contributed by atoms with Gasteiger partial charge in [-0.15, -0.1) is 0 Å². The number of hydrogen-bond donors (Lipinski definition) is 3. The number of nitrogens with one attached hydrogen (secondary N) is 3. The third kappa shape index (κ3) is 6.18. The Labute approximate surface area is 246 Å². The van der Waals surface area contributed by atoms with Crippen molar-refractivity contribution in [3.8, 4) is 0 Å². The first-order chi connectivity index (χ1) is 20.3. The molecule has 11 nitrogen and oxygen atoms in total. The molecule has 3 aliphatic carbocycles. The number of H-pyrrole nitrogens is 1. The van der Waals surface area contributed by atoms with Crippen molar-refractivity contribution in [2.24, 2.45) is 4.99 Å². The molecule has 6 rings (SSSR count). The van der Waals surface area contributed by atoms with E-state index in [1.54, 1.807) is 24.4 Å². The van der Waals surface area contributed by atoms with E-state index in [2.05, 4.69) is 47.4 Å². The molecule has 3 atom stereocenters. The average Bonchev–Trinajstić information content (AvgIpc) is 3.73. The molecule has 222 valence electrons. The Bertz CT molecular complexity index is 1570. The smallest absolute Gasteiger partial charge is 0.318 e. The van der Waals surface area contributed by atoms with E-state index < -0.39 is 9.84 Å². The van der Waals surface area contributed by atoms with Gasteiger partial charge in [0.2, 0.25) is 0 Å². The number of aromatic amines is 1. The number of urea groups is 1. The number of amides is 2. The number of anilines is 2. The lowest BCUT2D eigenvalue weighted by molar-refractivity contribution is 0.121. The maximum Gasteiger partial charge on any atom is 0.318 e. The van der Waals surface area contributed by atoms with Crippen molar-refractivity contribution in [2.75, 3.05) is 11.6 Å². The number of carbonyl (C=O) groups is 1. The Morgan fingerprint density at radius 3 is 2.62 bits per heavy atom. The lowest BCUT2D eigenvalue weighted by Crippen LogP contribution is -2.53. The highest BCUT2D eigenvalue weighted by atomic mass is 32.2. The fourth-order valence-electron chi connectivity index (χ4n) is 6.89. The van der Waals surface area contributed by atoms with Gasteiger partial charge in [0, 0.05) is 48.3 Å². The van der Waals surface area contributed by atoms with Gasteiger partial charge in [0.1, 0.15) is 5.82 Å². The molecular formula is C30H38N8O3S. The molecule has 3 aliphatic rings. The number of rotatable bonds is 8. The third-order valence-electron chi connectivity index (χ3n) is 8.94. The average molecular weight is 591 g/mol. The summed E-state index contributed by atoms with van der Waals surface area (Å²) in [6, 6.07) is 9.47. The van der Waals surface area contributed by atoms with Gasteiger partial charge in [0.05, 0.1) is 4.90 Å². The SMILES string of the molecule is C=Nc1nccc(Nc2cc(C3CCC(N(C(=O)NC4Cc5ccc(S(C)(=O)=O)cc5C4)C4CCCCC4)C3)[nH]n2)n1. The van der Waals surface area contributed by atoms with E-state index in [-0.39, 0.29) is 30.1 Å². The van der Waals surface area contributed by atoms with Crippen LogP contribution in [0.15, 0.2) is 46.4 Å². The number of hydrogen-bond acceptors (Lipinski definition) is 8. The summed E-state index contributed by atoms with van der Waals surface area (Å²) in [5, 5.41) is 14.2. The summed E-state index contributed by atoms with van der Waals surface area (Å²) in [6.07, 6.45) is 12.6. The van der Waals surface area contributed by atoms with Crippen LogP contribution in [0.1, 0.15) is 74.1 Å². The molecule has 2 saturated carbocycles. The van der Waals surface area contributed by atoms with Gasteiger partial charge < -0.3 is 15.5 Å². The van der Waals surface area contributed by atoms with Crippen molar-refractivity contribution in [2.45, 2.75) is 93.1 Å². The molecule has 0 bridgehead atoms. The molecule has 3 N–H and O–H groups in total. The van der Waals surface area contributed by atoms with Crippen LogP contribution in [-0.2, 0) is 22.7 Å². The summed E-state index contributed by atoms with van der Waals surface area (Å²) in [4.78, 5) is 28.5. The molecule has 42 heavy (non-hydrogen) atoms. The largest absolute Gasteiger partial charge is 0.335 e. The summed E-state index contributed by atoms with van der Waals surface area (Å²) < 4.78 is 24.1. The lowest BCUT2D eigenvalue weighted by Gasteiger charge is -2.39. The van der Waals surface area contributed by atoms with Crippen LogP contribution in [0, 0.1) is 0 Å². The van der Waals surface area contributed by atoms with Crippen molar-refractivity contribution in [1.29, 1.82) is 0 Å². The van der Waals surface area contributed by atoms with Gasteiger partial charge in [-0.1, -0.05) is 25.3 Å². The van der Waals surface area contributed by atoms with Crippen LogP contribution in [0.25, 0.3) is 0 Å². The van der Waals surface area contributed by atoms with Crippen molar-refractivity contribution in [3.05, 3.63) is 53.3 Å². The van der Waals surface area contributed by atoms with Gasteiger partial charge in [-0.25, -0.2) is 23.2 Å². The number of sulfone groups is 1. The maximum absolute atomic E-state index is 13.9. The van der Waals surface area contributed by atoms with Gasteiger partial charge in [-0.2, -0.15) is 10.1 Å². The van der Waals surface area contributed by atoms with E-state index in [1.165, 1.54) is 12.7 Å². The monoisotopic (exact) mass is 590 g/mol. The predicted molar refractivity (Wildman–Crippen MR) is 161 cm³/mol. The van der Waals surface area contributed by atoms with Gasteiger partial charge >= 0.3 is 6.03 Å². The van der Waals surface area contributed by atoms with Crippen LogP contribution in [0.4, 0.5) is 22.4 Å². The second-order valence-electron chi connectivity index (χ2n) is 11.9. The fraction of sp³-hybridized carbons (Fsp3) is 0.500. The molecule has 1 aromatic carbocycles. The lowest BCUT2D eigenvalue weighted by atomic mass is 9.92. The Balaban J connectivity index is 1.13. The molecule has 0 radical (unpaired) electrons. The second-order valence-corrected chi connectivity index (χ2v) is 13.9. The first-order valence-electron chi connectivity index (χ1n) is 14.8. The standard InChI is InChI=1S/C30H38N8O3S/c1-31-29-32-13-12-27(35-29)34-28-18-26(36-37-28)20-8-10-24(16-20)38(23-6-4-3-5-7-23)30(39)33-22-14-19-9-11-25(42(2,40)41)17-21(19)15-22/h9,11-13,17-18,20,22-24H,1,3-8,10,14-16H2,2H3,(H,33,39)(H2,32,34,35,36,37). The minimum atomic E-state index is -3.27. The number of aromatic nitrogens is 4. The quantitative estimate of drug-likeness (QED) is 0.319. The molecule has 12 heteroatoms. The van der Waals surface area contributed by atoms with E-state index in [1.807, 2.05) is 12.1 Å². The van der Waals surface area contributed by atoms with Crippen molar-refractivity contribution in [1.82, 2.24) is 30.4 Å². The van der Waals surface area contributed by atoms with E-state index in [0.29, 0.717) is 28.9 Å². The zero-order valence-electron chi connectivity index (χ0n) is 23.9. The normalized spacial score (nSPS) is 22.5. The van der Waals surface area contributed by atoms with Gasteiger partial charge in [-0.05, 0) is 81.0 Å². The summed E-state index contributed by atoms with van der Waals surface area (Å²) >= 11 is 0. The molecule has 2 heterocycles. The highest BCUT2D eigenvalue weighted by Gasteiger charge is 2.38. The molecule has 0 saturated heterocycles. The van der Waals surface area contributed by atoms with Crippen LogP contribution >= 0.6 is 0 Å². The zero-order chi connectivity index (χ0) is 29.3. The minimum Gasteiger partial charge on any atom is -0.335 e. The fourth-order valence-corrected chi connectivity index (χ4v) is 7.56. The molecule has 2 fully saturated rings. The summed E-state index contributed by atoms with van der Waals surface area (Å²) in [6.45, 7) is 3.47. The number of carbonyl (C=O) groups excluding carboxylic acids is 1. The molecule has 3 aromatic rings. The van der Waals surface area contributed by atoms with E-state index in [0.717, 1.165) is 68.2 Å². The zero-order valence-corrected chi connectivity index (χ0v) is 24.7. The predicted octanol–water partition coefficient (Wildman–Crippen LogP) is 4.83. The Morgan fingerprint density at radius 1 is 1.02 bits per heavy atom. The second kappa shape index (κ2) is 11.8. The van der Waals surface area contributed by atoms with Crippen molar-refractivity contribution >= 4 is 40.2 Å². The summed E-state index contributed by atoms with van der Waals surface area (Å²) in [5.41, 5.74) is 3.17. The van der Waals surface area contributed by atoms with E-state index in [9.17, 15) is 13.2 Å². The molecule has 0 spiro atoms. The minimum absolute atomic E-state index is 0.0102. The van der Waals surface area contributed by atoms with Crippen LogP contribution in [0.5, 0.6) is 0 Å². The summed E-state index contributed by atoms with van der Waals surface area (Å²) in [5.74, 6) is 1.84. The molecule has 0 aliphatic heterocycles. The van der Waals surface area contributed by atoms with Gasteiger partial charge in [0.25, 0.3) is 5.95 Å². The molecule has 2 amide bonds. The van der Waals surface area contributed by atoms with E-state index in [4.69, 9.17) is 0 Å². The molecule has 2 aromatic heterocycles. The topological polar surface area (TPSA) is 145 Å². The van der Waals surface area contributed by atoms with Crippen molar-refractivity contribution < 1.29 is 13.2 Å². The highest BCUT2D eigenvalue weighted by Crippen LogP contribution is 2.39. The van der Waals surface area contributed by atoms with E-state index >= 15 is 0 Å². The summed E-state index contributed by atoms with van der Waals surface area (Å²) in [7, 11) is -3.27. The van der Waals surface area contributed by atoms with Crippen LogP contribution < -0.4 is 10.6 Å². The Kier molecular flexibility index (Phi) is 7.98. The molecule has 3 unspecified atom stereocenters. The first kappa shape index (κ1) is 28.3. The van der Waals surface area contributed by atoms with Crippen LogP contribution in [-0.4, -0.2) is 70.6 Å². The number of aliphatic imine (C=N–C) groups is 1. The Morgan fingerprint density at radius 2 is 1.83 bits per heavy atom.